The highest BCUT2D eigenvalue weighted by atomic mass is 16.2. The van der Waals surface area contributed by atoms with Gasteiger partial charge in [0, 0.05) is 43.3 Å². The minimum Gasteiger partial charge on any atom is -0.352 e. The van der Waals surface area contributed by atoms with Crippen molar-refractivity contribution in [3.63, 3.8) is 0 Å². The maximum Gasteiger partial charge on any atom is 0.325 e. The molecule has 0 aliphatic heterocycles. The maximum absolute atomic E-state index is 11.8. The van der Waals surface area contributed by atoms with Gasteiger partial charge in [-0.3, -0.25) is 14.3 Å². The van der Waals surface area contributed by atoms with Crippen LogP contribution < -0.4 is 11.0 Å². The van der Waals surface area contributed by atoms with Crippen LogP contribution in [0.5, 0.6) is 0 Å². The van der Waals surface area contributed by atoms with Crippen molar-refractivity contribution in [3.8, 4) is 0 Å². The number of pyridine rings is 1. The molecule has 0 aromatic carbocycles. The lowest BCUT2D eigenvalue weighted by molar-refractivity contribution is -0.121. The number of rotatable bonds is 5. The Balaban J connectivity index is 1.85. The number of nitrogens with one attached hydrogen (secondary N) is 2. The Morgan fingerprint density at radius 1 is 1.45 bits per heavy atom. The second-order valence-corrected chi connectivity index (χ2v) is 4.68. The van der Waals surface area contributed by atoms with E-state index in [4.69, 9.17) is 0 Å². The molecule has 2 heterocycles. The Bertz CT molecular complexity index is 643. The topological polar surface area (TPSA) is 79.8 Å². The van der Waals surface area contributed by atoms with Gasteiger partial charge in [0.2, 0.25) is 5.91 Å². The van der Waals surface area contributed by atoms with E-state index in [2.05, 4.69) is 15.3 Å². The quantitative estimate of drug-likeness (QED) is 0.850. The largest absolute Gasteiger partial charge is 0.352 e. The Hall–Kier alpha value is -2.37. The molecule has 1 amide bonds. The number of imidazole rings is 1. The highest BCUT2D eigenvalue weighted by Gasteiger charge is 2.08. The third kappa shape index (κ3) is 3.34. The van der Waals surface area contributed by atoms with Crippen LogP contribution >= 0.6 is 0 Å². The van der Waals surface area contributed by atoms with Crippen LogP contribution in [0.4, 0.5) is 0 Å². The first-order valence-corrected chi connectivity index (χ1v) is 6.49. The van der Waals surface area contributed by atoms with Gasteiger partial charge in [-0.2, -0.15) is 0 Å². The first-order chi connectivity index (χ1) is 9.58. The predicted octanol–water partition coefficient (Wildman–Crippen LogP) is 0.895. The summed E-state index contributed by atoms with van der Waals surface area (Å²) in [6.07, 6.45) is 3.68. The van der Waals surface area contributed by atoms with E-state index in [1.165, 1.54) is 0 Å². The normalized spacial score (nSPS) is 10.5. The first-order valence-electron chi connectivity index (χ1n) is 6.49. The molecule has 6 nitrogen and oxygen atoms in total. The number of aromatic amines is 1. The molecule has 0 aliphatic rings. The molecule has 106 valence electrons. The molecule has 0 bridgehead atoms. The second kappa shape index (κ2) is 6.18. The van der Waals surface area contributed by atoms with Gasteiger partial charge in [-0.1, -0.05) is 6.07 Å². The number of amides is 1. The van der Waals surface area contributed by atoms with Crippen LogP contribution in [0.25, 0.3) is 0 Å². The van der Waals surface area contributed by atoms with Gasteiger partial charge in [0.15, 0.2) is 0 Å². The zero-order valence-corrected chi connectivity index (χ0v) is 11.6. The molecule has 0 atom stereocenters. The minimum atomic E-state index is -0.167. The molecule has 0 aliphatic carbocycles. The number of aromatic nitrogens is 3. The lowest BCUT2D eigenvalue weighted by Gasteiger charge is -2.06. The molecule has 2 rings (SSSR count). The third-order valence-corrected chi connectivity index (χ3v) is 3.26. The van der Waals surface area contributed by atoms with Gasteiger partial charge in [-0.15, -0.1) is 0 Å². The summed E-state index contributed by atoms with van der Waals surface area (Å²) in [5.74, 6) is -0.0843. The Morgan fingerprint density at radius 3 is 2.85 bits per heavy atom. The summed E-state index contributed by atoms with van der Waals surface area (Å²) in [7, 11) is 0. The van der Waals surface area contributed by atoms with Gasteiger partial charge in [-0.05, 0) is 25.5 Å². The standard InChI is InChI=1S/C14H18N4O2/c1-10-11(2)18(14(20)17-10)7-5-13(19)16-9-12-4-3-6-15-8-12/h3-4,6,8H,5,7,9H2,1-2H3,(H,16,19)(H,17,20). The summed E-state index contributed by atoms with van der Waals surface area (Å²) in [5.41, 5.74) is 2.49. The van der Waals surface area contributed by atoms with Gasteiger partial charge in [0.1, 0.15) is 0 Å². The van der Waals surface area contributed by atoms with E-state index in [-0.39, 0.29) is 18.0 Å². The average Bonchev–Trinajstić information content (AvgIpc) is 2.69. The molecule has 0 saturated carbocycles. The maximum atomic E-state index is 11.8. The molecule has 0 fully saturated rings. The number of carbonyl (C=O) groups excluding carboxylic acids is 1. The molecule has 6 heteroatoms. The fraction of sp³-hybridized carbons (Fsp3) is 0.357. The molecule has 2 N–H and O–H groups in total. The number of carbonyl (C=O) groups is 1. The second-order valence-electron chi connectivity index (χ2n) is 4.68. The molecule has 0 spiro atoms. The van der Waals surface area contributed by atoms with Crippen LogP contribution in [0.3, 0.4) is 0 Å². The lowest BCUT2D eigenvalue weighted by atomic mass is 10.3. The van der Waals surface area contributed by atoms with Crippen molar-refractivity contribution < 1.29 is 4.79 Å². The van der Waals surface area contributed by atoms with Crippen LogP contribution in [0.15, 0.2) is 29.3 Å². The summed E-state index contributed by atoms with van der Waals surface area (Å²) in [5, 5.41) is 2.81. The summed E-state index contributed by atoms with van der Waals surface area (Å²) < 4.78 is 1.58. The van der Waals surface area contributed by atoms with Crippen LogP contribution in [-0.2, 0) is 17.9 Å². The van der Waals surface area contributed by atoms with Crippen molar-refractivity contribution in [2.75, 3.05) is 0 Å². The van der Waals surface area contributed by atoms with Gasteiger partial charge in [-0.25, -0.2) is 4.79 Å². The highest BCUT2D eigenvalue weighted by molar-refractivity contribution is 5.75. The summed E-state index contributed by atoms with van der Waals surface area (Å²) in [4.78, 5) is 30.1. The zero-order chi connectivity index (χ0) is 14.5. The van der Waals surface area contributed by atoms with E-state index in [1.54, 1.807) is 17.0 Å². The molecule has 0 saturated heterocycles. The van der Waals surface area contributed by atoms with E-state index < -0.39 is 0 Å². The highest BCUT2D eigenvalue weighted by Crippen LogP contribution is 2.01. The average molecular weight is 274 g/mol. The molecular weight excluding hydrogens is 256 g/mol. The molecule has 0 radical (unpaired) electrons. The number of H-pyrrole nitrogens is 1. The third-order valence-electron chi connectivity index (χ3n) is 3.26. The lowest BCUT2D eigenvalue weighted by Crippen LogP contribution is -2.26. The zero-order valence-electron chi connectivity index (χ0n) is 11.6. The smallest absolute Gasteiger partial charge is 0.325 e. The monoisotopic (exact) mass is 274 g/mol. The fourth-order valence-corrected chi connectivity index (χ4v) is 1.95. The van der Waals surface area contributed by atoms with Gasteiger partial charge in [0.05, 0.1) is 0 Å². The number of nitrogens with zero attached hydrogens (tertiary/aromatic N) is 2. The van der Waals surface area contributed by atoms with E-state index in [1.807, 2.05) is 26.0 Å². The van der Waals surface area contributed by atoms with Crippen molar-refractivity contribution in [2.24, 2.45) is 0 Å². The predicted molar refractivity (Wildman–Crippen MR) is 75.2 cm³/mol. The van der Waals surface area contributed by atoms with E-state index in [9.17, 15) is 9.59 Å². The Kier molecular flexibility index (Phi) is 4.34. The molecule has 2 aromatic rings. The van der Waals surface area contributed by atoms with Crippen molar-refractivity contribution in [1.29, 1.82) is 0 Å². The molecular formula is C14H18N4O2. The minimum absolute atomic E-state index is 0.0843. The summed E-state index contributed by atoms with van der Waals surface area (Å²) in [6.45, 7) is 4.54. The SMILES string of the molecule is Cc1[nH]c(=O)n(CCC(=O)NCc2cccnc2)c1C. The Labute approximate surface area is 116 Å². The van der Waals surface area contributed by atoms with E-state index >= 15 is 0 Å². The van der Waals surface area contributed by atoms with Crippen LogP contribution in [0.2, 0.25) is 0 Å². The van der Waals surface area contributed by atoms with Gasteiger partial charge >= 0.3 is 5.69 Å². The van der Waals surface area contributed by atoms with E-state index in [0.717, 1.165) is 17.0 Å². The molecule has 2 aromatic heterocycles. The first kappa shape index (κ1) is 14.0. The van der Waals surface area contributed by atoms with Crippen LogP contribution in [-0.4, -0.2) is 20.4 Å². The van der Waals surface area contributed by atoms with Crippen LogP contribution in [0.1, 0.15) is 23.4 Å². The van der Waals surface area contributed by atoms with Gasteiger partial charge < -0.3 is 10.3 Å². The molecule has 20 heavy (non-hydrogen) atoms. The summed E-state index contributed by atoms with van der Waals surface area (Å²) >= 11 is 0. The molecule has 0 unspecified atom stereocenters. The van der Waals surface area contributed by atoms with E-state index in [0.29, 0.717) is 13.1 Å². The number of hydrogen-bond donors (Lipinski definition) is 2. The van der Waals surface area contributed by atoms with Crippen molar-refractivity contribution in [2.45, 2.75) is 33.4 Å². The van der Waals surface area contributed by atoms with Gasteiger partial charge in [0.25, 0.3) is 0 Å². The summed E-state index contributed by atoms with van der Waals surface area (Å²) in [6, 6.07) is 3.73. The van der Waals surface area contributed by atoms with Crippen molar-refractivity contribution in [3.05, 3.63) is 52.0 Å². The Morgan fingerprint density at radius 2 is 2.25 bits per heavy atom. The van der Waals surface area contributed by atoms with Crippen molar-refractivity contribution >= 4 is 5.91 Å². The fourth-order valence-electron chi connectivity index (χ4n) is 1.95. The van der Waals surface area contributed by atoms with Crippen LogP contribution in [0, 0.1) is 13.8 Å². The number of aryl methyl sites for hydroxylation is 1. The van der Waals surface area contributed by atoms with Crippen molar-refractivity contribution in [1.82, 2.24) is 19.9 Å². The number of hydrogen-bond acceptors (Lipinski definition) is 3.